The highest BCUT2D eigenvalue weighted by Crippen LogP contribution is 2.25. The molecule has 148 valence electrons. The van der Waals surface area contributed by atoms with E-state index in [1.807, 2.05) is 31.0 Å². The second-order valence-electron chi connectivity index (χ2n) is 6.75. The molecule has 28 heavy (non-hydrogen) atoms. The van der Waals surface area contributed by atoms with Gasteiger partial charge in [-0.25, -0.2) is 4.79 Å². The lowest BCUT2D eigenvalue weighted by molar-refractivity contribution is -0.0837. The first-order valence-corrected chi connectivity index (χ1v) is 9.10. The third-order valence-corrected chi connectivity index (χ3v) is 4.65. The van der Waals surface area contributed by atoms with Gasteiger partial charge in [0.2, 0.25) is 0 Å². The van der Waals surface area contributed by atoms with Crippen molar-refractivity contribution >= 4 is 23.3 Å². The number of ether oxygens (including phenoxy) is 2. The minimum absolute atomic E-state index is 0.110. The number of benzene rings is 2. The summed E-state index contributed by atoms with van der Waals surface area (Å²) in [5.74, 6) is -1.34. The lowest BCUT2D eigenvalue weighted by Crippen LogP contribution is -2.38. The van der Waals surface area contributed by atoms with Gasteiger partial charge in [-0.1, -0.05) is 18.2 Å². The fourth-order valence-electron chi connectivity index (χ4n) is 3.19. The number of nitrogens with zero attached hydrogens (tertiary/aromatic N) is 1. The van der Waals surface area contributed by atoms with Crippen LogP contribution in [0.2, 0.25) is 0 Å². The minimum Gasteiger partial charge on any atom is -0.478 e. The molecule has 2 aromatic rings. The molecule has 1 saturated heterocycles. The Hall–Kier alpha value is -2.90. The summed E-state index contributed by atoms with van der Waals surface area (Å²) in [6, 6.07) is 12.1. The van der Waals surface area contributed by atoms with Crippen molar-refractivity contribution < 1.29 is 24.2 Å². The van der Waals surface area contributed by atoms with Crippen LogP contribution in [0.3, 0.4) is 0 Å². The zero-order chi connectivity index (χ0) is 20.1. The molecule has 0 aliphatic carbocycles. The Morgan fingerprint density at radius 1 is 1.18 bits per heavy atom. The molecular formula is C21H24N2O5. The van der Waals surface area contributed by atoms with E-state index >= 15 is 0 Å². The number of aryl methyl sites for hydroxylation is 1. The maximum absolute atomic E-state index is 12.5. The van der Waals surface area contributed by atoms with Crippen molar-refractivity contribution in [3.8, 4) is 0 Å². The molecule has 0 saturated carbocycles. The van der Waals surface area contributed by atoms with Crippen LogP contribution in [0.5, 0.6) is 0 Å². The average molecular weight is 384 g/mol. The maximum Gasteiger partial charge on any atom is 0.337 e. The van der Waals surface area contributed by atoms with Crippen molar-refractivity contribution in [2.24, 2.45) is 0 Å². The number of hydrogen-bond acceptors (Lipinski definition) is 5. The molecule has 7 nitrogen and oxygen atoms in total. The van der Waals surface area contributed by atoms with Gasteiger partial charge < -0.3 is 24.8 Å². The quantitative estimate of drug-likeness (QED) is 0.796. The number of carboxylic acids is 1. The summed E-state index contributed by atoms with van der Waals surface area (Å²) in [5, 5.41) is 12.4. The van der Waals surface area contributed by atoms with Gasteiger partial charge in [-0.2, -0.15) is 0 Å². The van der Waals surface area contributed by atoms with E-state index in [1.165, 1.54) is 6.07 Å². The number of likely N-dealkylation sites (N-methyl/N-ethyl adjacent to an activating group) is 1. The third-order valence-electron chi connectivity index (χ3n) is 4.65. The van der Waals surface area contributed by atoms with Crippen LogP contribution in [0.25, 0.3) is 0 Å². The van der Waals surface area contributed by atoms with Crippen LogP contribution >= 0.6 is 0 Å². The van der Waals surface area contributed by atoms with E-state index in [9.17, 15) is 14.7 Å². The summed E-state index contributed by atoms with van der Waals surface area (Å²) in [6.45, 7) is 3.96. The van der Waals surface area contributed by atoms with Crippen LogP contribution in [0.4, 0.5) is 11.4 Å². The molecule has 3 rings (SSSR count). The van der Waals surface area contributed by atoms with E-state index in [4.69, 9.17) is 9.47 Å². The lowest BCUT2D eigenvalue weighted by Gasteiger charge is -2.29. The Bertz CT molecular complexity index is 862. The van der Waals surface area contributed by atoms with Crippen molar-refractivity contribution in [3.63, 3.8) is 0 Å². The molecule has 1 heterocycles. The minimum atomic E-state index is -1.06. The smallest absolute Gasteiger partial charge is 0.337 e. The van der Waals surface area contributed by atoms with Gasteiger partial charge in [-0.05, 0) is 36.8 Å². The lowest BCUT2D eigenvalue weighted by atomic mass is 10.1. The number of carbonyl (C=O) groups excluding carboxylic acids is 1. The summed E-state index contributed by atoms with van der Waals surface area (Å²) >= 11 is 0. The van der Waals surface area contributed by atoms with Gasteiger partial charge >= 0.3 is 5.97 Å². The van der Waals surface area contributed by atoms with Gasteiger partial charge in [0.25, 0.3) is 5.91 Å². The highest BCUT2D eigenvalue weighted by molar-refractivity contribution is 6.06. The number of amides is 1. The fourth-order valence-corrected chi connectivity index (χ4v) is 3.19. The molecular weight excluding hydrogens is 360 g/mol. The molecule has 1 atom stereocenters. The maximum atomic E-state index is 12.5. The molecule has 0 radical (unpaired) electrons. The zero-order valence-electron chi connectivity index (χ0n) is 16.0. The number of carboxylic acid groups (broad SMARTS) is 1. The molecule has 0 aromatic heterocycles. The Morgan fingerprint density at radius 3 is 2.64 bits per heavy atom. The third kappa shape index (κ3) is 4.68. The molecule has 1 aliphatic rings. The largest absolute Gasteiger partial charge is 0.478 e. The number of carbonyl (C=O) groups is 2. The molecule has 2 N–H and O–H groups in total. The monoisotopic (exact) mass is 384 g/mol. The van der Waals surface area contributed by atoms with Crippen molar-refractivity contribution in [1.29, 1.82) is 0 Å². The fraction of sp³-hybridized carbons (Fsp3) is 0.333. The zero-order valence-corrected chi connectivity index (χ0v) is 16.0. The highest BCUT2D eigenvalue weighted by Gasteiger charge is 2.21. The number of rotatable bonds is 6. The van der Waals surface area contributed by atoms with Crippen molar-refractivity contribution in [1.82, 2.24) is 0 Å². The van der Waals surface area contributed by atoms with Crippen LogP contribution < -0.4 is 10.2 Å². The molecule has 0 spiro atoms. The van der Waals surface area contributed by atoms with Gasteiger partial charge in [0.05, 0.1) is 37.2 Å². The van der Waals surface area contributed by atoms with Gasteiger partial charge in [0.15, 0.2) is 0 Å². The van der Waals surface area contributed by atoms with Crippen LogP contribution in [0, 0.1) is 6.92 Å². The molecule has 1 aliphatic heterocycles. The van der Waals surface area contributed by atoms with Crippen molar-refractivity contribution in [2.75, 3.05) is 43.6 Å². The topological polar surface area (TPSA) is 88.1 Å². The molecule has 0 unspecified atom stereocenters. The first kappa shape index (κ1) is 19.9. The summed E-state index contributed by atoms with van der Waals surface area (Å²) in [7, 11) is 1.81. The number of hydrogen-bond donors (Lipinski definition) is 2. The second kappa shape index (κ2) is 8.86. The van der Waals surface area contributed by atoms with Gasteiger partial charge in [0, 0.05) is 24.8 Å². The first-order chi connectivity index (χ1) is 13.5. The second-order valence-corrected chi connectivity index (χ2v) is 6.75. The van der Waals surface area contributed by atoms with E-state index in [2.05, 4.69) is 5.32 Å². The Morgan fingerprint density at radius 2 is 1.96 bits per heavy atom. The molecule has 2 aromatic carbocycles. The van der Waals surface area contributed by atoms with E-state index in [0.29, 0.717) is 43.3 Å². The Labute approximate surface area is 163 Å². The van der Waals surface area contributed by atoms with Gasteiger partial charge in [0.1, 0.15) is 0 Å². The molecule has 1 fully saturated rings. The summed E-state index contributed by atoms with van der Waals surface area (Å²) < 4.78 is 11.0. The predicted octanol–water partition coefficient (Wildman–Crippen LogP) is 2.80. The van der Waals surface area contributed by atoms with Crippen LogP contribution in [-0.2, 0) is 9.47 Å². The molecule has 1 amide bonds. The van der Waals surface area contributed by atoms with Crippen LogP contribution in [0.1, 0.15) is 26.3 Å². The predicted molar refractivity (Wildman–Crippen MR) is 106 cm³/mol. The first-order valence-electron chi connectivity index (χ1n) is 9.10. The van der Waals surface area contributed by atoms with E-state index in [0.717, 1.165) is 5.56 Å². The highest BCUT2D eigenvalue weighted by atomic mass is 16.6. The van der Waals surface area contributed by atoms with Gasteiger partial charge in [-0.15, -0.1) is 0 Å². The van der Waals surface area contributed by atoms with E-state index < -0.39 is 5.97 Å². The van der Waals surface area contributed by atoms with Gasteiger partial charge in [-0.3, -0.25) is 4.79 Å². The SMILES string of the molecule is Cc1ccccc1C(=O)Nc1ccc(N(C)C[C@H]2COCCO2)c(C(=O)O)c1. The van der Waals surface area contributed by atoms with Crippen molar-refractivity contribution in [3.05, 3.63) is 59.2 Å². The summed E-state index contributed by atoms with van der Waals surface area (Å²) in [4.78, 5) is 26.1. The summed E-state index contributed by atoms with van der Waals surface area (Å²) in [6.07, 6.45) is -0.110. The normalized spacial score (nSPS) is 16.4. The van der Waals surface area contributed by atoms with Crippen LogP contribution in [0.15, 0.2) is 42.5 Å². The number of nitrogens with one attached hydrogen (secondary N) is 1. The molecule has 0 bridgehead atoms. The summed E-state index contributed by atoms with van der Waals surface area (Å²) in [5.41, 5.74) is 2.50. The van der Waals surface area contributed by atoms with Crippen molar-refractivity contribution in [2.45, 2.75) is 13.0 Å². The number of aromatic carboxylic acids is 1. The Kier molecular flexibility index (Phi) is 6.28. The molecule has 7 heteroatoms. The van der Waals surface area contributed by atoms with E-state index in [-0.39, 0.29) is 17.6 Å². The van der Waals surface area contributed by atoms with E-state index in [1.54, 1.807) is 24.3 Å². The van der Waals surface area contributed by atoms with Crippen LogP contribution in [-0.4, -0.2) is 56.5 Å². The Balaban J connectivity index is 1.78. The number of anilines is 2. The standard InChI is InChI=1S/C21H24N2O5/c1-14-5-3-4-6-17(14)20(24)22-15-7-8-19(18(11-15)21(25)26)23(2)12-16-13-27-9-10-28-16/h3-8,11,16H,9-10,12-13H2,1-2H3,(H,22,24)(H,25,26)/t16-/m0/s1. The average Bonchev–Trinajstić information content (AvgIpc) is 2.69.